The molecular weight excluding hydrogens is 338 g/mol. The van der Waals surface area contributed by atoms with Gasteiger partial charge in [-0.3, -0.25) is 4.79 Å². The summed E-state index contributed by atoms with van der Waals surface area (Å²) in [7, 11) is 0. The lowest BCUT2D eigenvalue weighted by Gasteiger charge is -2.08. The summed E-state index contributed by atoms with van der Waals surface area (Å²) in [6, 6.07) is 9.21. The Kier molecular flexibility index (Phi) is 3.74. The molecule has 3 heterocycles. The average Bonchev–Trinajstić information content (AvgIpc) is 3.23. The van der Waals surface area contributed by atoms with Gasteiger partial charge in [-0.15, -0.1) is 0 Å². The maximum atomic E-state index is 12.4. The van der Waals surface area contributed by atoms with Gasteiger partial charge in [-0.25, -0.2) is 9.97 Å². The van der Waals surface area contributed by atoms with Crippen LogP contribution in [-0.2, 0) is 0 Å². The third-order valence-electron chi connectivity index (χ3n) is 3.84. The largest absolute Gasteiger partial charge is 0.321 e. The van der Waals surface area contributed by atoms with Crippen molar-refractivity contribution >= 4 is 28.8 Å². The van der Waals surface area contributed by atoms with Crippen molar-refractivity contribution in [3.63, 3.8) is 0 Å². The molecule has 124 valence electrons. The molecule has 1 aromatic carbocycles. The topological polar surface area (TPSA) is 64.2 Å². The number of nitrogens with one attached hydrogen (secondary N) is 1. The number of pyridine rings is 1. The molecule has 0 aliphatic rings. The number of carbonyl (C=O) groups is 1. The Morgan fingerprint density at radius 2 is 2.08 bits per heavy atom. The van der Waals surface area contributed by atoms with E-state index in [9.17, 15) is 4.79 Å². The minimum atomic E-state index is -0.284. The maximum Gasteiger partial charge on any atom is 0.275 e. The molecule has 0 saturated carbocycles. The number of fused-ring (bicyclic) bond motifs is 1. The average molecular weight is 352 g/mol. The molecule has 0 unspecified atom stereocenters. The fourth-order valence-electron chi connectivity index (χ4n) is 2.58. The number of halogens is 1. The third kappa shape index (κ3) is 2.99. The molecule has 4 rings (SSSR count). The highest BCUT2D eigenvalue weighted by Gasteiger charge is 2.12. The summed E-state index contributed by atoms with van der Waals surface area (Å²) in [5, 5.41) is 3.34. The summed E-state index contributed by atoms with van der Waals surface area (Å²) < 4.78 is 3.62. The highest BCUT2D eigenvalue weighted by molar-refractivity contribution is 6.32. The second-order valence-electron chi connectivity index (χ2n) is 5.69. The monoisotopic (exact) mass is 351 g/mol. The lowest BCUT2D eigenvalue weighted by atomic mass is 10.2. The van der Waals surface area contributed by atoms with Gasteiger partial charge in [-0.2, -0.15) is 0 Å². The van der Waals surface area contributed by atoms with Crippen LogP contribution < -0.4 is 5.32 Å². The van der Waals surface area contributed by atoms with Crippen LogP contribution in [0.15, 0.2) is 61.4 Å². The summed E-state index contributed by atoms with van der Waals surface area (Å²) >= 11 is 6.31. The number of hydrogen-bond donors (Lipinski definition) is 1. The number of benzene rings is 1. The van der Waals surface area contributed by atoms with Crippen molar-refractivity contribution < 1.29 is 4.79 Å². The van der Waals surface area contributed by atoms with E-state index < -0.39 is 0 Å². The van der Waals surface area contributed by atoms with Crippen molar-refractivity contribution in [2.45, 2.75) is 6.92 Å². The Bertz CT molecular complexity index is 1070. The predicted molar refractivity (Wildman–Crippen MR) is 96.5 cm³/mol. The van der Waals surface area contributed by atoms with Gasteiger partial charge in [0.05, 0.1) is 17.0 Å². The summed E-state index contributed by atoms with van der Waals surface area (Å²) in [6.07, 6.45) is 8.73. The van der Waals surface area contributed by atoms with Gasteiger partial charge in [-0.05, 0) is 42.8 Å². The molecule has 1 amide bonds. The first-order chi connectivity index (χ1) is 12.1. The first-order valence-corrected chi connectivity index (χ1v) is 8.02. The smallest absolute Gasteiger partial charge is 0.275 e. The molecule has 0 aliphatic heterocycles. The van der Waals surface area contributed by atoms with Crippen LogP contribution in [0.2, 0.25) is 5.02 Å². The number of rotatable bonds is 3. The Morgan fingerprint density at radius 3 is 2.84 bits per heavy atom. The number of aromatic nitrogens is 4. The summed E-state index contributed by atoms with van der Waals surface area (Å²) in [6.45, 7) is 1.98. The molecule has 0 fully saturated rings. The van der Waals surface area contributed by atoms with Crippen LogP contribution >= 0.6 is 11.6 Å². The molecule has 3 aromatic heterocycles. The highest BCUT2D eigenvalue weighted by Crippen LogP contribution is 2.24. The van der Waals surface area contributed by atoms with Crippen LogP contribution in [0.3, 0.4) is 0 Å². The van der Waals surface area contributed by atoms with Crippen LogP contribution in [0.25, 0.3) is 11.3 Å². The van der Waals surface area contributed by atoms with Crippen molar-refractivity contribution in [1.82, 2.24) is 18.9 Å². The molecule has 25 heavy (non-hydrogen) atoms. The van der Waals surface area contributed by atoms with E-state index in [1.807, 2.05) is 35.7 Å². The zero-order valence-corrected chi connectivity index (χ0v) is 14.1. The van der Waals surface area contributed by atoms with Crippen molar-refractivity contribution in [1.29, 1.82) is 0 Å². The molecule has 0 atom stereocenters. The zero-order valence-electron chi connectivity index (χ0n) is 13.3. The molecular formula is C18H14ClN5O. The fourth-order valence-corrected chi connectivity index (χ4v) is 2.86. The number of aryl methyl sites for hydroxylation is 1. The van der Waals surface area contributed by atoms with E-state index in [-0.39, 0.29) is 5.91 Å². The molecule has 0 bridgehead atoms. The third-order valence-corrected chi connectivity index (χ3v) is 4.14. The minimum Gasteiger partial charge on any atom is -0.321 e. The summed E-state index contributed by atoms with van der Waals surface area (Å²) in [4.78, 5) is 20.8. The Hall–Kier alpha value is -3.12. The van der Waals surface area contributed by atoms with Gasteiger partial charge < -0.3 is 14.3 Å². The van der Waals surface area contributed by atoms with E-state index in [0.717, 1.165) is 16.9 Å². The van der Waals surface area contributed by atoms with Crippen LogP contribution in [0.1, 0.15) is 16.1 Å². The van der Waals surface area contributed by atoms with Gasteiger partial charge in [0.1, 0.15) is 11.3 Å². The lowest BCUT2D eigenvalue weighted by molar-refractivity contribution is 0.102. The predicted octanol–water partition coefficient (Wildman–Crippen LogP) is 3.73. The van der Waals surface area contributed by atoms with Crippen LogP contribution in [-0.4, -0.2) is 24.8 Å². The molecule has 0 spiro atoms. The van der Waals surface area contributed by atoms with Gasteiger partial charge in [0.25, 0.3) is 5.91 Å². The van der Waals surface area contributed by atoms with E-state index in [0.29, 0.717) is 16.4 Å². The fraction of sp³-hybridized carbons (Fsp3) is 0.0556. The van der Waals surface area contributed by atoms with Gasteiger partial charge in [0, 0.05) is 30.5 Å². The summed E-state index contributed by atoms with van der Waals surface area (Å²) in [5.74, 6) is -0.284. The standard InChI is InChI=1S/C18H14ClN5O/c1-12-4-6-23-10-15(22-17(23)8-12)18(25)21-13-2-3-16(14(19)9-13)24-7-5-20-11-24/h2-11H,1H3,(H,21,25). The van der Waals surface area contributed by atoms with Gasteiger partial charge in [0.15, 0.2) is 0 Å². The van der Waals surface area contributed by atoms with E-state index in [1.54, 1.807) is 41.6 Å². The number of nitrogens with zero attached hydrogens (tertiary/aromatic N) is 4. The van der Waals surface area contributed by atoms with Crippen molar-refractivity contribution in [3.8, 4) is 5.69 Å². The second kappa shape index (κ2) is 6.07. The van der Waals surface area contributed by atoms with E-state index in [4.69, 9.17) is 11.6 Å². The summed E-state index contributed by atoms with van der Waals surface area (Å²) in [5.41, 5.74) is 3.57. The van der Waals surface area contributed by atoms with E-state index in [2.05, 4.69) is 15.3 Å². The Labute approximate surface area is 148 Å². The Morgan fingerprint density at radius 1 is 1.20 bits per heavy atom. The Balaban J connectivity index is 1.58. The number of carbonyl (C=O) groups excluding carboxylic acids is 1. The van der Waals surface area contributed by atoms with Crippen LogP contribution in [0.4, 0.5) is 5.69 Å². The number of anilines is 1. The molecule has 0 saturated heterocycles. The van der Waals surface area contributed by atoms with Crippen LogP contribution in [0, 0.1) is 6.92 Å². The minimum absolute atomic E-state index is 0.284. The quantitative estimate of drug-likeness (QED) is 0.611. The van der Waals surface area contributed by atoms with Crippen molar-refractivity contribution in [2.24, 2.45) is 0 Å². The van der Waals surface area contributed by atoms with Crippen LogP contribution in [0.5, 0.6) is 0 Å². The van der Waals surface area contributed by atoms with Gasteiger partial charge in [0.2, 0.25) is 0 Å². The number of hydrogen-bond acceptors (Lipinski definition) is 3. The normalized spacial score (nSPS) is 11.0. The second-order valence-corrected chi connectivity index (χ2v) is 6.09. The molecule has 0 aliphatic carbocycles. The SMILES string of the molecule is Cc1ccn2cc(C(=O)Nc3ccc(-n4ccnc4)c(Cl)c3)nc2c1. The number of amides is 1. The van der Waals surface area contributed by atoms with E-state index in [1.165, 1.54) is 0 Å². The number of imidazole rings is 2. The first-order valence-electron chi connectivity index (χ1n) is 7.65. The molecule has 6 nitrogen and oxygen atoms in total. The van der Waals surface area contributed by atoms with Gasteiger partial charge in [-0.1, -0.05) is 11.6 Å². The first kappa shape index (κ1) is 15.4. The van der Waals surface area contributed by atoms with Crippen molar-refractivity contribution in [2.75, 3.05) is 5.32 Å². The zero-order chi connectivity index (χ0) is 17.4. The molecule has 4 aromatic rings. The maximum absolute atomic E-state index is 12.4. The van der Waals surface area contributed by atoms with E-state index >= 15 is 0 Å². The molecule has 0 radical (unpaired) electrons. The van der Waals surface area contributed by atoms with Gasteiger partial charge >= 0.3 is 0 Å². The molecule has 1 N–H and O–H groups in total. The molecule has 7 heteroatoms. The van der Waals surface area contributed by atoms with Crippen molar-refractivity contribution in [3.05, 3.63) is 77.7 Å². The lowest BCUT2D eigenvalue weighted by Crippen LogP contribution is -2.12. The highest BCUT2D eigenvalue weighted by atomic mass is 35.5.